The molecule has 153 valence electrons. The van der Waals surface area contributed by atoms with Crippen LogP contribution >= 0.6 is 0 Å². The molecule has 1 N–H and O–H groups in total. The lowest BCUT2D eigenvalue weighted by Gasteiger charge is -2.36. The van der Waals surface area contributed by atoms with E-state index in [4.69, 9.17) is 0 Å². The Bertz CT molecular complexity index is 752. The van der Waals surface area contributed by atoms with Crippen molar-refractivity contribution in [3.63, 3.8) is 0 Å². The topological polar surface area (TPSA) is 54.4 Å². The van der Waals surface area contributed by atoms with Gasteiger partial charge in [0.25, 0.3) is 10.1 Å². The minimum atomic E-state index is -4.35. The molecule has 0 atom stereocenters. The minimum absolute atomic E-state index is 0.0962. The number of hydrogen-bond donors (Lipinski definition) is 1. The van der Waals surface area contributed by atoms with Gasteiger partial charge in [-0.1, -0.05) is 92.3 Å². The molecule has 0 aromatic heterocycles. The number of rotatable bonds is 9. The monoisotopic (exact) mass is 409 g/mol. The Morgan fingerprint density at radius 1 is 1.07 bits per heavy atom. The van der Waals surface area contributed by atoms with Gasteiger partial charge in [-0.3, -0.25) is 4.55 Å². The van der Waals surface area contributed by atoms with E-state index >= 15 is 0 Å². The second kappa shape index (κ2) is 9.06. The van der Waals surface area contributed by atoms with Crippen molar-refractivity contribution in [1.82, 2.24) is 0 Å². The Morgan fingerprint density at radius 2 is 1.56 bits per heavy atom. The largest absolute Gasteiger partial charge is 0.294 e. The molecule has 0 saturated carbocycles. The lowest BCUT2D eigenvalue weighted by Crippen LogP contribution is -2.44. The second-order valence-corrected chi connectivity index (χ2v) is 13.1. The molecule has 0 bridgehead atoms. The van der Waals surface area contributed by atoms with E-state index in [0.717, 1.165) is 22.8 Å². The van der Waals surface area contributed by atoms with Gasteiger partial charge in [0, 0.05) is 0 Å². The summed E-state index contributed by atoms with van der Waals surface area (Å²) in [4.78, 5) is 0.0962. The molecule has 0 aliphatic carbocycles. The predicted molar refractivity (Wildman–Crippen MR) is 119 cm³/mol. The molecule has 1 aromatic rings. The highest BCUT2D eigenvalue weighted by Crippen LogP contribution is 2.34. The molecule has 0 aliphatic rings. The van der Waals surface area contributed by atoms with E-state index in [2.05, 4.69) is 68.0 Å². The van der Waals surface area contributed by atoms with Gasteiger partial charge in [-0.15, -0.1) is 0 Å². The second-order valence-electron chi connectivity index (χ2n) is 9.26. The molecular weight excluding hydrogens is 372 g/mol. The first-order valence-corrected chi connectivity index (χ1v) is 13.2. The van der Waals surface area contributed by atoms with Crippen LogP contribution in [0.1, 0.15) is 66.5 Å². The summed E-state index contributed by atoms with van der Waals surface area (Å²) in [5.41, 5.74) is 1.37. The molecule has 1 rings (SSSR count). The van der Waals surface area contributed by atoms with E-state index in [1.807, 2.05) is 0 Å². The van der Waals surface area contributed by atoms with Gasteiger partial charge in [-0.05, 0) is 39.5 Å². The third kappa shape index (κ3) is 5.78. The summed E-state index contributed by atoms with van der Waals surface area (Å²) in [6, 6.07) is 5.82. The van der Waals surface area contributed by atoms with Crippen LogP contribution in [0.15, 0.2) is 23.6 Å². The molecule has 0 spiro atoms. The van der Waals surface area contributed by atoms with Crippen molar-refractivity contribution in [3.8, 4) is 0 Å². The van der Waals surface area contributed by atoms with Crippen LogP contribution in [-0.4, -0.2) is 21.8 Å². The van der Waals surface area contributed by atoms with Crippen molar-refractivity contribution in [1.29, 1.82) is 0 Å². The van der Waals surface area contributed by atoms with E-state index in [-0.39, 0.29) is 10.3 Å². The fraction of sp³-hybridized carbons (Fsp3) is 0.636. The summed E-state index contributed by atoms with van der Waals surface area (Å²) in [5.74, 6) is 1.27. The van der Waals surface area contributed by atoms with Crippen LogP contribution in [0.3, 0.4) is 0 Å². The fourth-order valence-electron chi connectivity index (χ4n) is 3.51. The molecule has 27 heavy (non-hydrogen) atoms. The van der Waals surface area contributed by atoms with Crippen LogP contribution in [0.25, 0.3) is 6.08 Å². The summed E-state index contributed by atoms with van der Waals surface area (Å²) in [7, 11) is -5.54. The van der Waals surface area contributed by atoms with E-state index in [9.17, 15) is 13.0 Å². The molecule has 0 amide bonds. The van der Waals surface area contributed by atoms with Gasteiger partial charge in [-0.2, -0.15) is 8.42 Å². The van der Waals surface area contributed by atoms with E-state index < -0.39 is 18.9 Å². The maximum atomic E-state index is 12.5. The molecule has 1 radical (unpaired) electrons. The summed E-state index contributed by atoms with van der Waals surface area (Å²) < 4.78 is 35.1. The highest BCUT2D eigenvalue weighted by molar-refractivity contribution is 7.86. The van der Waals surface area contributed by atoms with Crippen LogP contribution in [-0.2, 0) is 15.5 Å². The van der Waals surface area contributed by atoms with Crippen LogP contribution in [0.5, 0.6) is 0 Å². The zero-order valence-corrected chi connectivity index (χ0v) is 20.1. The molecule has 0 aliphatic heterocycles. The molecule has 0 saturated heterocycles. The summed E-state index contributed by atoms with van der Waals surface area (Å²) in [6.45, 7) is 21.2. The zero-order chi connectivity index (χ0) is 21.2. The third-order valence-electron chi connectivity index (χ3n) is 5.47. The molecule has 0 unspecified atom stereocenters. The lowest BCUT2D eigenvalue weighted by atomic mass is 9.75. The van der Waals surface area contributed by atoms with Crippen molar-refractivity contribution in [3.05, 3.63) is 29.8 Å². The first-order valence-electron chi connectivity index (χ1n) is 9.85. The van der Waals surface area contributed by atoms with Crippen molar-refractivity contribution in [2.75, 3.05) is 0 Å². The van der Waals surface area contributed by atoms with Gasteiger partial charge in [-0.25, -0.2) is 0 Å². The number of hydrogen-bond acceptors (Lipinski definition) is 2. The van der Waals surface area contributed by atoms with Crippen LogP contribution < -0.4 is 5.19 Å². The normalized spacial score (nSPS) is 13.2. The van der Waals surface area contributed by atoms with Gasteiger partial charge >= 0.3 is 0 Å². The molecule has 0 fully saturated rings. The summed E-state index contributed by atoms with van der Waals surface area (Å²) >= 11 is 0. The van der Waals surface area contributed by atoms with Gasteiger partial charge < -0.3 is 0 Å². The first kappa shape index (κ1) is 24.1. The standard InChI is InChI=1S/C22H37O3SSi/c1-10-18-11-12-19(22(8,9)17(6)7)21(20(18)26(23,24)25)27(13-15(2)3)14-16(4)5/h10-12,15-17H,1,13-14H2,2-9H3,(H,23,24,25). The van der Waals surface area contributed by atoms with Crippen LogP contribution in [0.4, 0.5) is 0 Å². The van der Waals surface area contributed by atoms with Crippen LogP contribution in [0.2, 0.25) is 12.1 Å². The minimum Gasteiger partial charge on any atom is -0.282 e. The maximum Gasteiger partial charge on any atom is 0.294 e. The predicted octanol–water partition coefficient (Wildman–Crippen LogP) is 5.52. The van der Waals surface area contributed by atoms with Crippen molar-refractivity contribution >= 4 is 30.2 Å². The fourth-order valence-corrected chi connectivity index (χ4v) is 8.94. The van der Waals surface area contributed by atoms with E-state index in [1.165, 1.54) is 0 Å². The molecule has 0 heterocycles. The van der Waals surface area contributed by atoms with Gasteiger partial charge in [0.15, 0.2) is 0 Å². The quantitative estimate of drug-likeness (QED) is 0.431. The van der Waals surface area contributed by atoms with Crippen molar-refractivity contribution in [2.24, 2.45) is 17.8 Å². The Balaban J connectivity index is 4.00. The SMILES string of the molecule is C=Cc1ccc(C(C)(C)C(C)C)c([Si](CC(C)C)CC(C)C)c1S(=O)(=O)O. The Hall–Kier alpha value is -0.913. The first-order chi connectivity index (χ1) is 12.2. The Kier molecular flexibility index (Phi) is 8.09. The molecule has 1 aromatic carbocycles. The molecule has 3 nitrogen and oxygen atoms in total. The molecule has 5 heteroatoms. The summed E-state index contributed by atoms with van der Waals surface area (Å²) in [6.07, 6.45) is 1.54. The highest BCUT2D eigenvalue weighted by atomic mass is 32.2. The molecular formula is C22H37O3SSi. The Morgan fingerprint density at radius 3 is 1.89 bits per heavy atom. The lowest BCUT2D eigenvalue weighted by molar-refractivity contribution is 0.373. The van der Waals surface area contributed by atoms with Gasteiger partial charge in [0.1, 0.15) is 4.90 Å². The highest BCUT2D eigenvalue weighted by Gasteiger charge is 2.35. The zero-order valence-electron chi connectivity index (χ0n) is 18.3. The van der Waals surface area contributed by atoms with Gasteiger partial charge in [0.2, 0.25) is 0 Å². The number of benzene rings is 1. The summed E-state index contributed by atoms with van der Waals surface area (Å²) in [5, 5.41) is 0.890. The van der Waals surface area contributed by atoms with Crippen LogP contribution in [0, 0.1) is 17.8 Å². The third-order valence-corrected chi connectivity index (χ3v) is 10.4. The van der Waals surface area contributed by atoms with Gasteiger partial charge in [0.05, 0.1) is 8.80 Å². The average Bonchev–Trinajstić information content (AvgIpc) is 2.50. The van der Waals surface area contributed by atoms with E-state index in [1.54, 1.807) is 12.1 Å². The van der Waals surface area contributed by atoms with E-state index in [0.29, 0.717) is 23.3 Å². The average molecular weight is 410 g/mol. The van der Waals surface area contributed by atoms with Crippen molar-refractivity contribution < 1.29 is 13.0 Å². The van der Waals surface area contributed by atoms with Crippen molar-refractivity contribution in [2.45, 2.75) is 77.8 Å². The maximum absolute atomic E-state index is 12.5. The Labute approximate surface area is 168 Å². The smallest absolute Gasteiger partial charge is 0.282 e.